The van der Waals surface area contributed by atoms with E-state index in [9.17, 15) is 9.18 Å². The number of benzene rings is 2. The van der Waals surface area contributed by atoms with Crippen LogP contribution in [0.3, 0.4) is 0 Å². The zero-order valence-corrected chi connectivity index (χ0v) is 15.6. The smallest absolute Gasteiger partial charge is 0.319 e. The molecule has 2 aromatic carbocycles. The minimum atomic E-state index is -0.352. The summed E-state index contributed by atoms with van der Waals surface area (Å²) in [6.45, 7) is 4.56. The normalized spacial score (nSPS) is 10.7. The molecule has 8 heteroatoms. The van der Waals surface area contributed by atoms with Crippen LogP contribution in [-0.4, -0.2) is 29.3 Å². The average Bonchev–Trinajstić information content (AvgIpc) is 3.18. The van der Waals surface area contributed by atoms with Gasteiger partial charge in [-0.1, -0.05) is 19.0 Å². The second-order valence-electron chi connectivity index (χ2n) is 6.37. The van der Waals surface area contributed by atoms with E-state index in [0.717, 1.165) is 5.56 Å². The number of aromatic nitrogens is 2. The highest BCUT2D eigenvalue weighted by Gasteiger charge is 2.11. The lowest BCUT2D eigenvalue weighted by atomic mass is 10.2. The number of hydrogen-bond donors (Lipinski definition) is 2. The molecule has 0 saturated carbocycles. The van der Waals surface area contributed by atoms with Gasteiger partial charge in [0.05, 0.1) is 6.54 Å². The molecule has 146 valence electrons. The highest BCUT2D eigenvalue weighted by Crippen LogP contribution is 2.21. The van der Waals surface area contributed by atoms with E-state index in [1.165, 1.54) is 24.3 Å². The van der Waals surface area contributed by atoms with Crippen LogP contribution in [0.15, 0.2) is 53.1 Å². The molecule has 7 nitrogen and oxygen atoms in total. The molecule has 2 amide bonds. The van der Waals surface area contributed by atoms with Crippen LogP contribution in [-0.2, 0) is 0 Å². The second kappa shape index (κ2) is 8.98. The van der Waals surface area contributed by atoms with Gasteiger partial charge >= 0.3 is 6.03 Å². The van der Waals surface area contributed by atoms with E-state index >= 15 is 0 Å². The third-order valence-corrected chi connectivity index (χ3v) is 3.82. The number of nitrogens with one attached hydrogen (secondary N) is 2. The van der Waals surface area contributed by atoms with E-state index < -0.39 is 0 Å². The topological polar surface area (TPSA) is 89.3 Å². The fourth-order valence-corrected chi connectivity index (χ4v) is 2.32. The van der Waals surface area contributed by atoms with E-state index in [0.29, 0.717) is 29.7 Å². The van der Waals surface area contributed by atoms with Crippen molar-refractivity contribution in [2.75, 3.05) is 18.5 Å². The molecule has 3 rings (SSSR count). The van der Waals surface area contributed by atoms with Gasteiger partial charge in [-0.25, -0.2) is 9.18 Å². The Bertz CT molecular complexity index is 908. The second-order valence-corrected chi connectivity index (χ2v) is 6.37. The van der Waals surface area contributed by atoms with E-state index in [1.54, 1.807) is 24.3 Å². The van der Waals surface area contributed by atoms with Gasteiger partial charge in [-0.2, -0.15) is 4.98 Å². The van der Waals surface area contributed by atoms with Crippen molar-refractivity contribution in [2.24, 2.45) is 0 Å². The number of anilines is 1. The third-order valence-electron chi connectivity index (χ3n) is 3.82. The van der Waals surface area contributed by atoms with Crippen LogP contribution in [0.2, 0.25) is 0 Å². The summed E-state index contributed by atoms with van der Waals surface area (Å²) in [7, 11) is 0. The number of urea groups is 1. The largest absolute Gasteiger partial charge is 0.492 e. The summed E-state index contributed by atoms with van der Waals surface area (Å²) in [5.41, 5.74) is 1.40. The van der Waals surface area contributed by atoms with Crippen molar-refractivity contribution in [3.8, 4) is 17.2 Å². The van der Waals surface area contributed by atoms with E-state index in [-0.39, 0.29) is 24.4 Å². The molecule has 0 bridgehead atoms. The molecule has 2 N–H and O–H groups in total. The van der Waals surface area contributed by atoms with Crippen LogP contribution in [0, 0.1) is 5.82 Å². The van der Waals surface area contributed by atoms with Crippen LogP contribution in [0.25, 0.3) is 11.5 Å². The molecule has 0 unspecified atom stereocenters. The first-order chi connectivity index (χ1) is 13.5. The number of carbonyl (C=O) groups excluding carboxylic acids is 1. The molecule has 0 atom stereocenters. The summed E-state index contributed by atoms with van der Waals surface area (Å²) in [6.07, 6.45) is 0. The lowest BCUT2D eigenvalue weighted by molar-refractivity contribution is 0.247. The van der Waals surface area contributed by atoms with Crippen molar-refractivity contribution in [1.82, 2.24) is 15.5 Å². The van der Waals surface area contributed by atoms with Crippen molar-refractivity contribution in [1.29, 1.82) is 0 Å². The molecule has 0 aliphatic rings. The molecule has 0 radical (unpaired) electrons. The molecule has 28 heavy (non-hydrogen) atoms. The average molecular weight is 384 g/mol. The van der Waals surface area contributed by atoms with Gasteiger partial charge in [-0.15, -0.1) is 0 Å². The lowest BCUT2D eigenvalue weighted by Crippen LogP contribution is -2.32. The monoisotopic (exact) mass is 384 g/mol. The fourth-order valence-electron chi connectivity index (χ4n) is 2.32. The highest BCUT2D eigenvalue weighted by molar-refractivity contribution is 5.89. The first-order valence-electron chi connectivity index (χ1n) is 8.88. The SMILES string of the molecule is CC(C)c1noc(-c2ccc(NC(=O)NCCOc3ccc(F)cc3)cc2)n1. The molecule has 0 fully saturated rings. The van der Waals surface area contributed by atoms with Crippen molar-refractivity contribution in [3.05, 3.63) is 60.2 Å². The maximum absolute atomic E-state index is 12.8. The first-order valence-corrected chi connectivity index (χ1v) is 8.88. The highest BCUT2D eigenvalue weighted by atomic mass is 19.1. The Morgan fingerprint density at radius 2 is 1.86 bits per heavy atom. The third kappa shape index (κ3) is 5.29. The molecule has 0 aliphatic carbocycles. The molecular weight excluding hydrogens is 363 g/mol. The van der Waals surface area contributed by atoms with Gasteiger partial charge in [0.1, 0.15) is 18.2 Å². The van der Waals surface area contributed by atoms with E-state index in [1.807, 2.05) is 13.8 Å². The summed E-state index contributed by atoms with van der Waals surface area (Å²) in [6, 6.07) is 12.4. The van der Waals surface area contributed by atoms with Gasteiger partial charge in [0.15, 0.2) is 5.82 Å². The lowest BCUT2D eigenvalue weighted by Gasteiger charge is -2.09. The van der Waals surface area contributed by atoms with E-state index in [4.69, 9.17) is 9.26 Å². The summed E-state index contributed by atoms with van der Waals surface area (Å²) in [4.78, 5) is 16.3. The zero-order valence-electron chi connectivity index (χ0n) is 15.6. The van der Waals surface area contributed by atoms with Gasteiger partial charge in [0, 0.05) is 17.2 Å². The molecule has 1 aromatic heterocycles. The maximum Gasteiger partial charge on any atom is 0.319 e. The number of carbonyl (C=O) groups is 1. The Labute approximate surface area is 161 Å². The summed E-state index contributed by atoms with van der Waals surface area (Å²) < 4.78 is 23.5. The van der Waals surface area contributed by atoms with Crippen LogP contribution in [0.5, 0.6) is 5.75 Å². The predicted molar refractivity (Wildman–Crippen MR) is 103 cm³/mol. The number of amides is 2. The van der Waals surface area contributed by atoms with Crippen molar-refractivity contribution >= 4 is 11.7 Å². The van der Waals surface area contributed by atoms with Crippen molar-refractivity contribution in [3.63, 3.8) is 0 Å². The van der Waals surface area contributed by atoms with Gasteiger partial charge in [-0.3, -0.25) is 0 Å². The molecule has 0 saturated heterocycles. The Morgan fingerprint density at radius 3 is 2.50 bits per heavy atom. The Balaban J connectivity index is 1.44. The fraction of sp³-hybridized carbons (Fsp3) is 0.250. The quantitative estimate of drug-likeness (QED) is 0.596. The summed E-state index contributed by atoms with van der Waals surface area (Å²) in [5.74, 6) is 1.50. The van der Waals surface area contributed by atoms with Gasteiger partial charge < -0.3 is 19.9 Å². The van der Waals surface area contributed by atoms with Crippen LogP contribution in [0.1, 0.15) is 25.6 Å². The minimum Gasteiger partial charge on any atom is -0.492 e. The Hall–Kier alpha value is -3.42. The van der Waals surface area contributed by atoms with E-state index in [2.05, 4.69) is 20.8 Å². The summed E-state index contributed by atoms with van der Waals surface area (Å²) in [5, 5.41) is 9.35. The molecule has 1 heterocycles. The zero-order chi connectivity index (χ0) is 19.9. The number of hydrogen-bond acceptors (Lipinski definition) is 5. The van der Waals surface area contributed by atoms with Gasteiger partial charge in [-0.05, 0) is 48.5 Å². The van der Waals surface area contributed by atoms with Crippen molar-refractivity contribution < 1.29 is 18.4 Å². The van der Waals surface area contributed by atoms with Crippen LogP contribution >= 0.6 is 0 Å². The van der Waals surface area contributed by atoms with Crippen molar-refractivity contribution in [2.45, 2.75) is 19.8 Å². The van der Waals surface area contributed by atoms with Crippen LogP contribution < -0.4 is 15.4 Å². The number of rotatable bonds is 7. The van der Waals surface area contributed by atoms with Gasteiger partial charge in [0.25, 0.3) is 5.89 Å². The predicted octanol–water partition coefficient (Wildman–Crippen LogP) is 4.20. The first kappa shape index (κ1) is 19.3. The molecule has 0 spiro atoms. The minimum absolute atomic E-state index is 0.189. The standard InChI is InChI=1S/C20H21FN4O3/c1-13(2)18-24-19(28-25-18)14-3-7-16(8-4-14)23-20(26)22-11-12-27-17-9-5-15(21)6-10-17/h3-10,13H,11-12H2,1-2H3,(H2,22,23,26). The number of halogens is 1. The maximum atomic E-state index is 12.8. The van der Waals surface area contributed by atoms with Crippen LogP contribution in [0.4, 0.5) is 14.9 Å². The Morgan fingerprint density at radius 1 is 1.14 bits per heavy atom. The number of ether oxygens (including phenoxy) is 1. The number of nitrogens with zero attached hydrogens (tertiary/aromatic N) is 2. The summed E-state index contributed by atoms with van der Waals surface area (Å²) >= 11 is 0. The molecular formula is C20H21FN4O3. The van der Waals surface area contributed by atoms with Gasteiger partial charge in [0.2, 0.25) is 0 Å². The molecule has 3 aromatic rings. The molecule has 0 aliphatic heterocycles. The Kier molecular flexibility index (Phi) is 6.21.